The van der Waals surface area contributed by atoms with Gasteiger partial charge in [-0.05, 0) is 24.3 Å². The minimum absolute atomic E-state index is 0.0272. The fraction of sp³-hybridized carbons (Fsp3) is 0. The standard InChI is InChI=1S/C19H14N6O4/c26-24(27)17-10-6-15(7-11-17)20-22-19(14-4-2-1-3-5-14)23-21-16-8-12-18(13-9-16)25(28)29/h1-13,20H. The summed E-state index contributed by atoms with van der Waals surface area (Å²) in [5.41, 5.74) is 4.37. The first-order valence-corrected chi connectivity index (χ1v) is 8.33. The van der Waals surface area contributed by atoms with Crippen LogP contribution in [0.1, 0.15) is 5.56 Å². The van der Waals surface area contributed by atoms with E-state index in [1.807, 2.05) is 18.2 Å². The number of nitro benzene ring substituents is 2. The quantitative estimate of drug-likeness (QED) is 0.206. The van der Waals surface area contributed by atoms with E-state index in [1.54, 1.807) is 12.1 Å². The topological polar surface area (TPSA) is 135 Å². The fourth-order valence-electron chi connectivity index (χ4n) is 2.25. The molecule has 3 aromatic carbocycles. The summed E-state index contributed by atoms with van der Waals surface area (Å²) in [5.74, 6) is 0.266. The van der Waals surface area contributed by atoms with Gasteiger partial charge in [0.05, 0.1) is 21.2 Å². The molecule has 0 heterocycles. The van der Waals surface area contributed by atoms with Gasteiger partial charge in [0.1, 0.15) is 0 Å². The summed E-state index contributed by atoms with van der Waals surface area (Å²) in [6.07, 6.45) is 0. The molecule has 3 aromatic rings. The van der Waals surface area contributed by atoms with Crippen molar-refractivity contribution in [3.63, 3.8) is 0 Å². The molecule has 0 radical (unpaired) electrons. The van der Waals surface area contributed by atoms with Crippen molar-refractivity contribution in [1.29, 1.82) is 0 Å². The number of hydrazone groups is 1. The number of benzene rings is 3. The van der Waals surface area contributed by atoms with E-state index in [9.17, 15) is 20.2 Å². The molecule has 0 aliphatic rings. The first kappa shape index (κ1) is 19.3. The van der Waals surface area contributed by atoms with Gasteiger partial charge in [0.2, 0.25) is 5.84 Å². The van der Waals surface area contributed by atoms with E-state index < -0.39 is 9.85 Å². The Bertz CT molecular complexity index is 1060. The van der Waals surface area contributed by atoms with E-state index in [0.717, 1.165) is 0 Å². The lowest BCUT2D eigenvalue weighted by Gasteiger charge is -2.03. The molecule has 1 N–H and O–H groups in total. The van der Waals surface area contributed by atoms with Gasteiger partial charge in [-0.15, -0.1) is 10.2 Å². The van der Waals surface area contributed by atoms with Gasteiger partial charge in [-0.2, -0.15) is 5.10 Å². The molecule has 10 nitrogen and oxygen atoms in total. The maximum Gasteiger partial charge on any atom is 0.269 e. The Balaban J connectivity index is 1.83. The normalized spacial score (nSPS) is 11.4. The molecule has 0 aliphatic heterocycles. The van der Waals surface area contributed by atoms with E-state index in [-0.39, 0.29) is 17.2 Å². The Labute approximate surface area is 164 Å². The van der Waals surface area contributed by atoms with Gasteiger partial charge in [0.15, 0.2) is 0 Å². The summed E-state index contributed by atoms with van der Waals surface area (Å²) in [7, 11) is 0. The van der Waals surface area contributed by atoms with Crippen molar-refractivity contribution in [2.24, 2.45) is 15.3 Å². The van der Waals surface area contributed by atoms with Crippen LogP contribution in [-0.2, 0) is 0 Å². The van der Waals surface area contributed by atoms with Crippen molar-refractivity contribution >= 4 is 28.6 Å². The molecule has 0 atom stereocenters. The molecule has 144 valence electrons. The average molecular weight is 390 g/mol. The number of hydrogen-bond donors (Lipinski definition) is 1. The Morgan fingerprint density at radius 2 is 1.31 bits per heavy atom. The van der Waals surface area contributed by atoms with Gasteiger partial charge in [-0.1, -0.05) is 30.3 Å². The molecule has 29 heavy (non-hydrogen) atoms. The third-order valence-corrected chi connectivity index (χ3v) is 3.72. The minimum Gasteiger partial charge on any atom is -0.276 e. The molecule has 3 rings (SSSR count). The maximum absolute atomic E-state index is 10.7. The Hall–Kier alpha value is -4.47. The minimum atomic E-state index is -0.494. The van der Waals surface area contributed by atoms with Crippen molar-refractivity contribution in [3.05, 3.63) is 105 Å². The summed E-state index contributed by atoms with van der Waals surface area (Å²) in [6.45, 7) is 0. The Morgan fingerprint density at radius 1 is 0.759 bits per heavy atom. The van der Waals surface area contributed by atoms with E-state index >= 15 is 0 Å². The second-order valence-corrected chi connectivity index (χ2v) is 5.69. The monoisotopic (exact) mass is 390 g/mol. The molecule has 0 unspecified atom stereocenters. The average Bonchev–Trinajstić information content (AvgIpc) is 2.75. The van der Waals surface area contributed by atoms with Crippen molar-refractivity contribution < 1.29 is 9.85 Å². The second kappa shape index (κ2) is 8.95. The molecule has 0 saturated heterocycles. The van der Waals surface area contributed by atoms with Crippen LogP contribution < -0.4 is 5.43 Å². The van der Waals surface area contributed by atoms with Crippen LogP contribution in [-0.4, -0.2) is 15.7 Å². The van der Waals surface area contributed by atoms with Crippen molar-refractivity contribution in [3.8, 4) is 0 Å². The van der Waals surface area contributed by atoms with E-state index in [4.69, 9.17) is 0 Å². The molecular weight excluding hydrogens is 376 g/mol. The SMILES string of the molecule is O=[N+]([O-])c1ccc(N=NC(=NNc2ccc([N+](=O)[O-])cc2)c2ccccc2)cc1. The highest BCUT2D eigenvalue weighted by atomic mass is 16.6. The van der Waals surface area contributed by atoms with Crippen LogP contribution in [0.5, 0.6) is 0 Å². The number of hydrogen-bond acceptors (Lipinski definition) is 7. The van der Waals surface area contributed by atoms with Gasteiger partial charge in [0.25, 0.3) is 11.4 Å². The Morgan fingerprint density at radius 3 is 1.86 bits per heavy atom. The van der Waals surface area contributed by atoms with Crippen LogP contribution in [0.25, 0.3) is 0 Å². The number of amidine groups is 1. The third kappa shape index (κ3) is 5.26. The largest absolute Gasteiger partial charge is 0.276 e. The summed E-state index contributed by atoms with van der Waals surface area (Å²) in [5, 5.41) is 33.9. The molecule has 0 spiro atoms. The van der Waals surface area contributed by atoms with Crippen LogP contribution in [0.2, 0.25) is 0 Å². The lowest BCUT2D eigenvalue weighted by molar-refractivity contribution is -0.385. The molecule has 0 aromatic heterocycles. The highest BCUT2D eigenvalue weighted by Crippen LogP contribution is 2.19. The molecule has 0 aliphatic carbocycles. The van der Waals surface area contributed by atoms with Crippen LogP contribution in [0.3, 0.4) is 0 Å². The Kier molecular flexibility index (Phi) is 5.96. The van der Waals surface area contributed by atoms with Gasteiger partial charge in [-0.25, -0.2) is 0 Å². The maximum atomic E-state index is 10.7. The molecule has 10 heteroatoms. The smallest absolute Gasteiger partial charge is 0.269 e. The summed E-state index contributed by atoms with van der Waals surface area (Å²) < 4.78 is 0. The first-order chi connectivity index (χ1) is 14.0. The van der Waals surface area contributed by atoms with Gasteiger partial charge in [-0.3, -0.25) is 25.7 Å². The van der Waals surface area contributed by atoms with Crippen LogP contribution in [0.4, 0.5) is 22.7 Å². The van der Waals surface area contributed by atoms with Gasteiger partial charge < -0.3 is 0 Å². The van der Waals surface area contributed by atoms with Crippen molar-refractivity contribution in [2.75, 3.05) is 5.43 Å². The first-order valence-electron chi connectivity index (χ1n) is 8.33. The lowest BCUT2D eigenvalue weighted by atomic mass is 10.2. The number of azo groups is 1. The summed E-state index contributed by atoms with van der Waals surface area (Å²) in [4.78, 5) is 20.5. The van der Waals surface area contributed by atoms with Crippen LogP contribution in [0.15, 0.2) is 94.2 Å². The zero-order valence-electron chi connectivity index (χ0n) is 14.9. The van der Waals surface area contributed by atoms with Gasteiger partial charge in [0, 0.05) is 29.8 Å². The molecule has 0 amide bonds. The summed E-state index contributed by atoms with van der Waals surface area (Å²) in [6, 6.07) is 20.5. The highest BCUT2D eigenvalue weighted by Gasteiger charge is 2.06. The number of nitro groups is 2. The van der Waals surface area contributed by atoms with Gasteiger partial charge >= 0.3 is 0 Å². The number of non-ortho nitro benzene ring substituents is 2. The van der Waals surface area contributed by atoms with E-state index in [1.165, 1.54) is 48.5 Å². The lowest BCUT2D eigenvalue weighted by Crippen LogP contribution is -2.01. The predicted octanol–water partition coefficient (Wildman–Crippen LogP) is 5.06. The molecule has 0 fully saturated rings. The number of nitrogens with zero attached hydrogens (tertiary/aromatic N) is 5. The van der Waals surface area contributed by atoms with Crippen LogP contribution in [0, 0.1) is 20.2 Å². The zero-order chi connectivity index (χ0) is 20.6. The molecule has 0 bridgehead atoms. The number of anilines is 1. The van der Waals surface area contributed by atoms with Crippen LogP contribution >= 0.6 is 0 Å². The number of rotatable bonds is 6. The summed E-state index contributed by atoms with van der Waals surface area (Å²) >= 11 is 0. The molecular formula is C19H14N6O4. The third-order valence-electron chi connectivity index (χ3n) is 3.72. The van der Waals surface area contributed by atoms with Crippen molar-refractivity contribution in [2.45, 2.75) is 0 Å². The predicted molar refractivity (Wildman–Crippen MR) is 107 cm³/mol. The zero-order valence-corrected chi connectivity index (χ0v) is 14.9. The fourth-order valence-corrected chi connectivity index (χ4v) is 2.25. The number of nitrogens with one attached hydrogen (secondary N) is 1. The highest BCUT2D eigenvalue weighted by molar-refractivity contribution is 5.99. The molecule has 0 saturated carbocycles. The second-order valence-electron chi connectivity index (χ2n) is 5.69. The van der Waals surface area contributed by atoms with E-state index in [2.05, 4.69) is 20.8 Å². The van der Waals surface area contributed by atoms with Crippen molar-refractivity contribution in [1.82, 2.24) is 0 Å². The van der Waals surface area contributed by atoms with E-state index in [0.29, 0.717) is 16.9 Å².